The summed E-state index contributed by atoms with van der Waals surface area (Å²) in [6.45, 7) is 1.80. The quantitative estimate of drug-likeness (QED) is 0.661. The monoisotopic (exact) mass is 347 g/mol. The summed E-state index contributed by atoms with van der Waals surface area (Å²) in [4.78, 5) is 28.5. The fraction of sp³-hybridized carbons (Fsp3) is 0.250. The molecule has 0 unspecified atom stereocenters. The summed E-state index contributed by atoms with van der Waals surface area (Å²) < 4.78 is 19.8. The molecule has 0 atom stereocenters. The molecule has 0 saturated heterocycles. The molecular weight excluding hydrogens is 333 g/mol. The van der Waals surface area contributed by atoms with Gasteiger partial charge >= 0.3 is 5.97 Å². The van der Waals surface area contributed by atoms with E-state index in [1.54, 1.807) is 12.1 Å². The van der Waals surface area contributed by atoms with Gasteiger partial charge in [-0.3, -0.25) is 9.59 Å². The Morgan fingerprint density at radius 3 is 2.92 bits per heavy atom. The standard InChI is InChI=1S/C16H14FN3O3S/c1-2-13-19-20-14(21)8-11(18-16(20)24-13)9-23-15(22)7-10-5-3-4-6-12(10)17/h3-6,8H,2,7,9H2,1H3. The average molecular weight is 347 g/mol. The Morgan fingerprint density at radius 1 is 1.38 bits per heavy atom. The molecule has 0 bridgehead atoms. The van der Waals surface area contributed by atoms with Gasteiger partial charge in [0.15, 0.2) is 0 Å². The molecule has 0 aliphatic rings. The maximum absolute atomic E-state index is 13.5. The Bertz CT molecular complexity index is 951. The zero-order valence-corrected chi connectivity index (χ0v) is 13.7. The Balaban J connectivity index is 1.70. The molecule has 8 heteroatoms. The number of halogens is 1. The lowest BCUT2D eigenvalue weighted by atomic mass is 10.1. The number of carbonyl (C=O) groups excluding carboxylic acids is 1. The van der Waals surface area contributed by atoms with Crippen LogP contribution in [0.4, 0.5) is 4.39 Å². The number of fused-ring (bicyclic) bond motifs is 1. The molecule has 2 heterocycles. The van der Waals surface area contributed by atoms with Crippen molar-refractivity contribution in [2.45, 2.75) is 26.4 Å². The van der Waals surface area contributed by atoms with Crippen molar-refractivity contribution in [3.05, 3.63) is 62.8 Å². The molecule has 0 aliphatic carbocycles. The molecule has 6 nitrogen and oxygen atoms in total. The molecule has 0 aliphatic heterocycles. The minimum Gasteiger partial charge on any atom is -0.459 e. The predicted octanol–water partition coefficient (Wildman–Crippen LogP) is 2.14. The number of aryl methyl sites for hydroxylation is 1. The highest BCUT2D eigenvalue weighted by atomic mass is 32.1. The van der Waals surface area contributed by atoms with E-state index in [1.807, 2.05) is 6.92 Å². The molecule has 3 rings (SSSR count). The zero-order chi connectivity index (χ0) is 17.1. The Morgan fingerprint density at radius 2 is 2.17 bits per heavy atom. The first kappa shape index (κ1) is 16.3. The topological polar surface area (TPSA) is 73.6 Å². The van der Waals surface area contributed by atoms with Gasteiger partial charge in [0.05, 0.1) is 12.1 Å². The molecule has 0 fully saturated rings. The third-order valence-electron chi connectivity index (χ3n) is 3.32. The highest BCUT2D eigenvalue weighted by Gasteiger charge is 2.12. The smallest absolute Gasteiger partial charge is 0.310 e. The fourth-order valence-corrected chi connectivity index (χ4v) is 2.97. The van der Waals surface area contributed by atoms with Crippen LogP contribution in [-0.4, -0.2) is 20.6 Å². The lowest BCUT2D eigenvalue weighted by Crippen LogP contribution is -2.17. The van der Waals surface area contributed by atoms with Gasteiger partial charge in [-0.15, -0.1) is 0 Å². The number of aromatic nitrogens is 3. The van der Waals surface area contributed by atoms with Crippen LogP contribution in [0.25, 0.3) is 4.96 Å². The van der Waals surface area contributed by atoms with Gasteiger partial charge in [0.2, 0.25) is 4.96 Å². The molecule has 0 N–H and O–H groups in total. The molecule has 3 aromatic rings. The number of benzene rings is 1. The second kappa shape index (κ2) is 6.88. The lowest BCUT2D eigenvalue weighted by molar-refractivity contribution is -0.144. The molecule has 0 amide bonds. The van der Waals surface area contributed by atoms with Crippen LogP contribution >= 0.6 is 11.3 Å². The normalized spacial score (nSPS) is 10.9. The number of hydrogen-bond donors (Lipinski definition) is 0. The van der Waals surface area contributed by atoms with Crippen molar-refractivity contribution in [2.24, 2.45) is 0 Å². The van der Waals surface area contributed by atoms with Gasteiger partial charge in [0.1, 0.15) is 17.4 Å². The first-order valence-corrected chi connectivity index (χ1v) is 8.16. The van der Waals surface area contributed by atoms with Crippen LogP contribution in [0.5, 0.6) is 0 Å². The van der Waals surface area contributed by atoms with E-state index >= 15 is 0 Å². The summed E-state index contributed by atoms with van der Waals surface area (Å²) in [5, 5.41) is 4.94. The van der Waals surface area contributed by atoms with Gasteiger partial charge in [-0.25, -0.2) is 9.37 Å². The zero-order valence-electron chi connectivity index (χ0n) is 12.9. The summed E-state index contributed by atoms with van der Waals surface area (Å²) in [6.07, 6.45) is 0.537. The largest absolute Gasteiger partial charge is 0.459 e. The summed E-state index contributed by atoms with van der Waals surface area (Å²) in [5.41, 5.74) is 0.283. The molecule has 24 heavy (non-hydrogen) atoms. The second-order valence-corrected chi connectivity index (χ2v) is 6.10. The van der Waals surface area contributed by atoms with E-state index in [0.29, 0.717) is 17.1 Å². The van der Waals surface area contributed by atoms with Crippen LogP contribution in [0.2, 0.25) is 0 Å². The number of hydrogen-bond acceptors (Lipinski definition) is 6. The third kappa shape index (κ3) is 3.48. The van der Waals surface area contributed by atoms with Crippen molar-refractivity contribution in [3.8, 4) is 0 Å². The Labute approximate surface area is 140 Å². The highest BCUT2D eigenvalue weighted by molar-refractivity contribution is 7.16. The number of nitrogens with zero attached hydrogens (tertiary/aromatic N) is 3. The van der Waals surface area contributed by atoms with Crippen LogP contribution in [0.1, 0.15) is 23.2 Å². The Kier molecular flexibility index (Phi) is 4.66. The lowest BCUT2D eigenvalue weighted by Gasteiger charge is -2.05. The van der Waals surface area contributed by atoms with Crippen LogP contribution in [0.3, 0.4) is 0 Å². The van der Waals surface area contributed by atoms with Crippen molar-refractivity contribution in [2.75, 3.05) is 0 Å². The molecule has 0 spiro atoms. The Hall–Kier alpha value is -2.61. The van der Waals surface area contributed by atoms with Crippen LogP contribution in [0, 0.1) is 5.82 Å². The SMILES string of the molecule is CCc1nn2c(=O)cc(COC(=O)Cc3ccccc3F)nc2s1. The van der Waals surface area contributed by atoms with Gasteiger partial charge in [-0.2, -0.15) is 9.61 Å². The average Bonchev–Trinajstić information content (AvgIpc) is 2.99. The summed E-state index contributed by atoms with van der Waals surface area (Å²) in [5.74, 6) is -1.04. The van der Waals surface area contributed by atoms with E-state index in [1.165, 1.54) is 34.1 Å². The van der Waals surface area contributed by atoms with Crippen molar-refractivity contribution in [3.63, 3.8) is 0 Å². The van der Waals surface area contributed by atoms with E-state index < -0.39 is 11.8 Å². The van der Waals surface area contributed by atoms with Crippen LogP contribution in [-0.2, 0) is 29.0 Å². The van der Waals surface area contributed by atoms with E-state index in [9.17, 15) is 14.0 Å². The fourth-order valence-electron chi connectivity index (χ4n) is 2.12. The summed E-state index contributed by atoms with van der Waals surface area (Å²) >= 11 is 1.32. The van der Waals surface area contributed by atoms with E-state index in [2.05, 4.69) is 10.1 Å². The van der Waals surface area contributed by atoms with Crippen LogP contribution < -0.4 is 5.56 Å². The first-order chi connectivity index (χ1) is 11.6. The van der Waals surface area contributed by atoms with E-state index in [0.717, 1.165) is 5.01 Å². The molecule has 1 aromatic carbocycles. The number of rotatable bonds is 5. The first-order valence-electron chi connectivity index (χ1n) is 7.34. The van der Waals surface area contributed by atoms with Gasteiger partial charge < -0.3 is 4.74 Å². The predicted molar refractivity (Wildman–Crippen MR) is 86.4 cm³/mol. The second-order valence-electron chi connectivity index (χ2n) is 5.06. The van der Waals surface area contributed by atoms with E-state index in [-0.39, 0.29) is 24.2 Å². The molecular formula is C16H14FN3O3S. The van der Waals surface area contributed by atoms with Gasteiger partial charge in [-0.05, 0) is 18.1 Å². The highest BCUT2D eigenvalue weighted by Crippen LogP contribution is 2.12. The number of carbonyl (C=O) groups is 1. The maximum Gasteiger partial charge on any atom is 0.310 e. The molecule has 124 valence electrons. The van der Waals surface area contributed by atoms with Crippen molar-refractivity contribution in [1.82, 2.24) is 14.6 Å². The van der Waals surface area contributed by atoms with Gasteiger partial charge in [0, 0.05) is 6.07 Å². The minimum absolute atomic E-state index is 0.140. The number of esters is 1. The molecule has 2 aromatic heterocycles. The van der Waals surface area contributed by atoms with E-state index in [4.69, 9.17) is 4.74 Å². The van der Waals surface area contributed by atoms with Crippen molar-refractivity contribution in [1.29, 1.82) is 0 Å². The van der Waals surface area contributed by atoms with Gasteiger partial charge in [-0.1, -0.05) is 36.5 Å². The minimum atomic E-state index is -0.583. The summed E-state index contributed by atoms with van der Waals surface area (Å²) in [6, 6.07) is 7.29. The summed E-state index contributed by atoms with van der Waals surface area (Å²) in [7, 11) is 0. The number of ether oxygens (including phenoxy) is 1. The maximum atomic E-state index is 13.5. The van der Waals surface area contributed by atoms with Crippen LogP contribution in [0.15, 0.2) is 35.1 Å². The van der Waals surface area contributed by atoms with Crippen molar-refractivity contribution < 1.29 is 13.9 Å². The molecule has 0 radical (unpaired) electrons. The molecule has 0 saturated carbocycles. The van der Waals surface area contributed by atoms with Crippen molar-refractivity contribution >= 4 is 22.3 Å². The third-order valence-corrected chi connectivity index (χ3v) is 4.37. The van der Waals surface area contributed by atoms with Gasteiger partial charge in [0.25, 0.3) is 5.56 Å².